The molecule has 3 aromatic rings. The third-order valence-electron chi connectivity index (χ3n) is 5.29. The smallest absolute Gasteiger partial charge is 0.306 e. The zero-order chi connectivity index (χ0) is 23.8. The second-order valence-corrected chi connectivity index (χ2v) is 9.09. The number of pyridine rings is 1. The van der Waals surface area contributed by atoms with E-state index in [2.05, 4.69) is 9.98 Å². The highest BCUT2D eigenvalue weighted by molar-refractivity contribution is 7.86. The lowest BCUT2D eigenvalue weighted by Crippen LogP contribution is -2.41. The normalized spacial score (nSPS) is 18.2. The van der Waals surface area contributed by atoms with Crippen LogP contribution in [0.5, 0.6) is 11.5 Å². The molecule has 1 amide bonds. The fourth-order valence-electron chi connectivity index (χ4n) is 3.68. The van der Waals surface area contributed by atoms with Gasteiger partial charge in [0.25, 0.3) is 5.91 Å². The van der Waals surface area contributed by atoms with E-state index in [9.17, 15) is 13.2 Å². The number of hydrogen-bond acceptors (Lipinski definition) is 8. The van der Waals surface area contributed by atoms with Crippen LogP contribution < -0.4 is 14.7 Å². The van der Waals surface area contributed by atoms with Crippen molar-refractivity contribution in [1.29, 1.82) is 0 Å². The number of aromatic nitrogens is 1. The van der Waals surface area contributed by atoms with Crippen LogP contribution in [0.2, 0.25) is 0 Å². The van der Waals surface area contributed by atoms with Gasteiger partial charge in [0, 0.05) is 13.2 Å². The average molecular weight is 467 g/mol. The van der Waals surface area contributed by atoms with Gasteiger partial charge < -0.3 is 14.7 Å². The lowest BCUT2D eigenvalue weighted by atomic mass is 9.85. The molecule has 1 atom stereocenters. The predicted octanol–water partition coefficient (Wildman–Crippen LogP) is 2.13. The van der Waals surface area contributed by atoms with E-state index in [0.717, 1.165) is 17.4 Å². The van der Waals surface area contributed by atoms with Crippen molar-refractivity contribution in [3.8, 4) is 22.6 Å². The van der Waals surface area contributed by atoms with Crippen LogP contribution in [-0.2, 0) is 20.5 Å². The molecule has 2 aromatic carbocycles. The van der Waals surface area contributed by atoms with Crippen LogP contribution in [0, 0.1) is 0 Å². The zero-order valence-electron chi connectivity index (χ0n) is 18.2. The van der Waals surface area contributed by atoms with E-state index in [-0.39, 0.29) is 17.6 Å². The van der Waals surface area contributed by atoms with E-state index in [1.54, 1.807) is 31.5 Å². The molecule has 1 unspecified atom stereocenters. The summed E-state index contributed by atoms with van der Waals surface area (Å²) >= 11 is 0. The van der Waals surface area contributed by atoms with Gasteiger partial charge in [0.1, 0.15) is 11.5 Å². The van der Waals surface area contributed by atoms with Crippen LogP contribution in [0.25, 0.3) is 11.1 Å². The molecule has 1 aliphatic rings. The number of amides is 1. The number of carbonyl (C=O) groups is 1. The van der Waals surface area contributed by atoms with E-state index in [1.165, 1.54) is 24.1 Å². The van der Waals surface area contributed by atoms with Gasteiger partial charge in [-0.15, -0.1) is 0 Å². The summed E-state index contributed by atoms with van der Waals surface area (Å²) in [5.74, 6) is 0.475. The van der Waals surface area contributed by atoms with Crippen molar-refractivity contribution in [2.24, 2.45) is 10.7 Å². The number of ether oxygens (including phenoxy) is 1. The Hall–Kier alpha value is -3.92. The second-order valence-electron chi connectivity index (χ2n) is 7.52. The first-order chi connectivity index (χ1) is 15.6. The Labute approximate surface area is 191 Å². The second kappa shape index (κ2) is 8.21. The Morgan fingerprint density at radius 3 is 2.30 bits per heavy atom. The summed E-state index contributed by atoms with van der Waals surface area (Å²) in [5, 5.41) is 0. The number of rotatable bonds is 6. The highest BCUT2D eigenvalue weighted by Crippen LogP contribution is 2.40. The molecular weight excluding hydrogens is 444 g/mol. The molecule has 170 valence electrons. The summed E-state index contributed by atoms with van der Waals surface area (Å²) in [5.41, 5.74) is 7.02. The molecule has 10 heteroatoms. The van der Waals surface area contributed by atoms with Gasteiger partial charge in [0.2, 0.25) is 5.54 Å². The Bertz CT molecular complexity index is 1360. The van der Waals surface area contributed by atoms with Crippen LogP contribution >= 0.6 is 0 Å². The van der Waals surface area contributed by atoms with E-state index >= 15 is 0 Å². The van der Waals surface area contributed by atoms with Gasteiger partial charge in [-0.3, -0.25) is 14.7 Å². The van der Waals surface area contributed by atoms with Gasteiger partial charge >= 0.3 is 10.1 Å². The van der Waals surface area contributed by atoms with Crippen molar-refractivity contribution in [3.05, 3.63) is 78.1 Å². The topological polar surface area (TPSA) is 124 Å². The van der Waals surface area contributed by atoms with Crippen LogP contribution in [0.15, 0.2) is 71.9 Å². The number of hydrogen-bond donors (Lipinski definition) is 1. The first kappa shape index (κ1) is 22.3. The third-order valence-corrected chi connectivity index (χ3v) is 5.79. The standard InChI is InChI=1S/C23H22N4O5S/c1-27-21(28)23(26-22(27)24,17-7-9-18(10-8-17)32-33(3,29)30)20-14-16(11-12-25-20)15-5-4-6-19(13-15)31-2/h4-14H,1-3H3,(H2,24,26). The van der Waals surface area contributed by atoms with Gasteiger partial charge in [-0.1, -0.05) is 24.3 Å². The Balaban J connectivity index is 1.85. The molecule has 0 saturated carbocycles. The molecule has 9 nitrogen and oxygen atoms in total. The van der Waals surface area contributed by atoms with Crippen molar-refractivity contribution in [1.82, 2.24) is 9.88 Å². The molecule has 4 rings (SSSR count). The summed E-state index contributed by atoms with van der Waals surface area (Å²) in [6.07, 6.45) is 2.56. The molecule has 33 heavy (non-hydrogen) atoms. The fourth-order valence-corrected chi connectivity index (χ4v) is 4.14. The lowest BCUT2D eigenvalue weighted by molar-refractivity contribution is -0.129. The number of carbonyl (C=O) groups excluding carboxylic acids is 1. The molecule has 0 radical (unpaired) electrons. The van der Waals surface area contributed by atoms with E-state index in [0.29, 0.717) is 17.0 Å². The van der Waals surface area contributed by atoms with Crippen molar-refractivity contribution < 1.29 is 22.1 Å². The minimum atomic E-state index is -3.69. The molecule has 0 spiro atoms. The quantitative estimate of drug-likeness (QED) is 0.552. The summed E-state index contributed by atoms with van der Waals surface area (Å²) < 4.78 is 33.1. The molecule has 0 saturated heterocycles. The average Bonchev–Trinajstić information content (AvgIpc) is 3.03. The van der Waals surface area contributed by atoms with Gasteiger partial charge in [-0.05, 0) is 53.1 Å². The molecule has 1 aromatic heterocycles. The molecule has 0 bridgehead atoms. The minimum absolute atomic E-state index is 0.0463. The minimum Gasteiger partial charge on any atom is -0.497 e. The number of benzene rings is 2. The highest BCUT2D eigenvalue weighted by atomic mass is 32.2. The number of guanidine groups is 1. The lowest BCUT2D eigenvalue weighted by Gasteiger charge is -2.25. The molecule has 2 heterocycles. The monoisotopic (exact) mass is 466 g/mol. The van der Waals surface area contributed by atoms with Crippen LogP contribution in [0.4, 0.5) is 0 Å². The van der Waals surface area contributed by atoms with Crippen molar-refractivity contribution >= 4 is 22.0 Å². The number of methoxy groups -OCH3 is 1. The maximum atomic E-state index is 13.4. The maximum absolute atomic E-state index is 13.4. The highest BCUT2D eigenvalue weighted by Gasteiger charge is 2.50. The van der Waals surface area contributed by atoms with E-state index < -0.39 is 15.7 Å². The predicted molar refractivity (Wildman–Crippen MR) is 123 cm³/mol. The Morgan fingerprint density at radius 2 is 1.70 bits per heavy atom. The molecule has 0 fully saturated rings. The molecule has 0 aliphatic carbocycles. The van der Waals surface area contributed by atoms with Crippen molar-refractivity contribution in [2.45, 2.75) is 5.54 Å². The van der Waals surface area contributed by atoms with E-state index in [1.807, 2.05) is 30.3 Å². The largest absolute Gasteiger partial charge is 0.497 e. The summed E-state index contributed by atoms with van der Waals surface area (Å²) in [7, 11) is -0.563. The summed E-state index contributed by atoms with van der Waals surface area (Å²) in [4.78, 5) is 23.7. The SMILES string of the molecule is COc1cccc(-c2ccnc(C3(c4ccc(OS(C)(=O)=O)cc4)N=C(N)N(C)C3=O)c2)c1. The van der Waals surface area contributed by atoms with Gasteiger partial charge in [0.15, 0.2) is 5.96 Å². The van der Waals surface area contributed by atoms with Crippen molar-refractivity contribution in [2.75, 3.05) is 20.4 Å². The fraction of sp³-hybridized carbons (Fsp3) is 0.174. The molecule has 1 aliphatic heterocycles. The maximum Gasteiger partial charge on any atom is 0.306 e. The number of likely N-dealkylation sites (N-methyl/N-ethyl adjacent to an activating group) is 1. The Kier molecular flexibility index (Phi) is 5.54. The number of nitrogens with zero attached hydrogens (tertiary/aromatic N) is 3. The van der Waals surface area contributed by atoms with Gasteiger partial charge in [-0.2, -0.15) is 8.42 Å². The zero-order valence-corrected chi connectivity index (χ0v) is 19.0. The van der Waals surface area contributed by atoms with Crippen LogP contribution in [0.1, 0.15) is 11.3 Å². The summed E-state index contributed by atoms with van der Waals surface area (Å²) in [6, 6.07) is 17.2. The first-order valence-corrected chi connectivity index (χ1v) is 11.7. The van der Waals surface area contributed by atoms with E-state index in [4.69, 9.17) is 14.7 Å². The Morgan fingerprint density at radius 1 is 1.00 bits per heavy atom. The van der Waals surface area contributed by atoms with Gasteiger partial charge in [0.05, 0.1) is 19.1 Å². The first-order valence-electron chi connectivity index (χ1n) is 9.88. The molecule has 2 N–H and O–H groups in total. The van der Waals surface area contributed by atoms with Crippen molar-refractivity contribution in [3.63, 3.8) is 0 Å². The number of aliphatic imine (C=N–C) groups is 1. The molecular formula is C23H22N4O5S. The number of nitrogens with two attached hydrogens (primary N) is 1. The van der Waals surface area contributed by atoms with Crippen LogP contribution in [0.3, 0.4) is 0 Å². The summed E-state index contributed by atoms with van der Waals surface area (Å²) in [6.45, 7) is 0. The van der Waals surface area contributed by atoms with Gasteiger partial charge in [-0.25, -0.2) is 4.99 Å². The van der Waals surface area contributed by atoms with Crippen LogP contribution in [-0.4, -0.2) is 50.6 Å². The third kappa shape index (κ3) is 4.12.